The van der Waals surface area contributed by atoms with E-state index in [2.05, 4.69) is 9.46 Å². The van der Waals surface area contributed by atoms with Crippen LogP contribution in [0.25, 0.3) is 0 Å². The third kappa shape index (κ3) is 4.59. The minimum Gasteiger partial charge on any atom is -0.469 e. The van der Waals surface area contributed by atoms with E-state index in [9.17, 15) is 13.2 Å². The first-order valence-corrected chi connectivity index (χ1v) is 6.07. The molecular formula is C8H18N2O4S. The third-order valence-electron chi connectivity index (χ3n) is 1.87. The molecule has 15 heavy (non-hydrogen) atoms. The Bertz CT molecular complexity index is 302. The molecular weight excluding hydrogens is 220 g/mol. The molecule has 0 bridgehead atoms. The van der Waals surface area contributed by atoms with Gasteiger partial charge >= 0.3 is 5.97 Å². The summed E-state index contributed by atoms with van der Waals surface area (Å²) >= 11 is 0. The van der Waals surface area contributed by atoms with Gasteiger partial charge in [-0.2, -0.15) is 12.7 Å². The van der Waals surface area contributed by atoms with Crippen LogP contribution in [0.3, 0.4) is 0 Å². The highest BCUT2D eigenvalue weighted by Gasteiger charge is 2.22. The van der Waals surface area contributed by atoms with Crippen molar-refractivity contribution in [1.29, 1.82) is 0 Å². The maximum absolute atomic E-state index is 11.4. The van der Waals surface area contributed by atoms with Gasteiger partial charge in [0.25, 0.3) is 10.2 Å². The van der Waals surface area contributed by atoms with Crippen LogP contribution in [-0.4, -0.2) is 45.9 Å². The van der Waals surface area contributed by atoms with Crippen LogP contribution < -0.4 is 4.72 Å². The molecule has 1 unspecified atom stereocenters. The van der Waals surface area contributed by atoms with Crippen molar-refractivity contribution in [2.45, 2.75) is 13.8 Å². The minimum absolute atomic E-state index is 0.0992. The van der Waals surface area contributed by atoms with Crippen LogP contribution in [-0.2, 0) is 19.7 Å². The van der Waals surface area contributed by atoms with Gasteiger partial charge in [-0.3, -0.25) is 4.79 Å². The van der Waals surface area contributed by atoms with E-state index in [4.69, 9.17) is 0 Å². The normalized spacial score (nSPS) is 13.9. The molecule has 0 rings (SSSR count). The van der Waals surface area contributed by atoms with E-state index >= 15 is 0 Å². The highest BCUT2D eigenvalue weighted by atomic mass is 32.2. The quantitative estimate of drug-likeness (QED) is 0.638. The molecule has 0 spiro atoms. The molecule has 6 nitrogen and oxygen atoms in total. The molecule has 0 aliphatic rings. The van der Waals surface area contributed by atoms with Gasteiger partial charge < -0.3 is 4.74 Å². The number of carbonyl (C=O) groups is 1. The van der Waals surface area contributed by atoms with Gasteiger partial charge in [0.05, 0.1) is 13.0 Å². The lowest BCUT2D eigenvalue weighted by Crippen LogP contribution is -2.41. The first-order valence-electron chi connectivity index (χ1n) is 4.63. The lowest BCUT2D eigenvalue weighted by molar-refractivity contribution is -0.144. The molecule has 1 N–H and O–H groups in total. The Kier molecular flexibility index (Phi) is 5.77. The van der Waals surface area contributed by atoms with E-state index in [0.29, 0.717) is 6.54 Å². The van der Waals surface area contributed by atoms with Crippen molar-refractivity contribution < 1.29 is 17.9 Å². The van der Waals surface area contributed by atoms with Crippen molar-refractivity contribution in [2.75, 3.05) is 27.2 Å². The summed E-state index contributed by atoms with van der Waals surface area (Å²) in [4.78, 5) is 11.1. The molecule has 0 aromatic heterocycles. The van der Waals surface area contributed by atoms with E-state index in [1.54, 1.807) is 13.8 Å². The number of methoxy groups -OCH3 is 1. The van der Waals surface area contributed by atoms with Crippen molar-refractivity contribution in [3.63, 3.8) is 0 Å². The molecule has 0 amide bonds. The highest BCUT2D eigenvalue weighted by Crippen LogP contribution is 2.03. The van der Waals surface area contributed by atoms with Crippen molar-refractivity contribution >= 4 is 16.2 Å². The lowest BCUT2D eigenvalue weighted by atomic mass is 10.2. The largest absolute Gasteiger partial charge is 0.469 e. The molecule has 0 heterocycles. The van der Waals surface area contributed by atoms with Crippen LogP contribution >= 0.6 is 0 Å². The van der Waals surface area contributed by atoms with Crippen LogP contribution in [0.5, 0.6) is 0 Å². The molecule has 7 heteroatoms. The van der Waals surface area contributed by atoms with Gasteiger partial charge in [-0.1, -0.05) is 13.8 Å². The van der Waals surface area contributed by atoms with Crippen molar-refractivity contribution in [1.82, 2.24) is 9.03 Å². The zero-order chi connectivity index (χ0) is 12.1. The second kappa shape index (κ2) is 6.04. The van der Waals surface area contributed by atoms with Crippen LogP contribution in [0.2, 0.25) is 0 Å². The lowest BCUT2D eigenvalue weighted by Gasteiger charge is -2.19. The maximum atomic E-state index is 11.4. The zero-order valence-electron chi connectivity index (χ0n) is 9.48. The maximum Gasteiger partial charge on any atom is 0.309 e. The van der Waals surface area contributed by atoms with Gasteiger partial charge in [0.2, 0.25) is 0 Å². The number of rotatable bonds is 6. The van der Waals surface area contributed by atoms with E-state index in [1.165, 1.54) is 14.2 Å². The summed E-state index contributed by atoms with van der Waals surface area (Å²) in [6.45, 7) is 3.72. The summed E-state index contributed by atoms with van der Waals surface area (Å²) in [5.41, 5.74) is 0. The summed E-state index contributed by atoms with van der Waals surface area (Å²) in [6.07, 6.45) is 0. The minimum atomic E-state index is -3.47. The van der Waals surface area contributed by atoms with Gasteiger partial charge in [-0.15, -0.1) is 0 Å². The first kappa shape index (κ1) is 14.3. The summed E-state index contributed by atoms with van der Waals surface area (Å²) in [6, 6.07) is 0. The Morgan fingerprint density at radius 2 is 2.07 bits per heavy atom. The Balaban J connectivity index is 4.36. The average molecular weight is 238 g/mol. The van der Waals surface area contributed by atoms with Crippen LogP contribution in [0.15, 0.2) is 0 Å². The van der Waals surface area contributed by atoms with Crippen molar-refractivity contribution in [3.8, 4) is 0 Å². The second-order valence-corrected chi connectivity index (χ2v) is 5.07. The summed E-state index contributed by atoms with van der Waals surface area (Å²) < 4.78 is 30.8. The summed E-state index contributed by atoms with van der Waals surface area (Å²) in [7, 11) is -0.782. The van der Waals surface area contributed by atoms with E-state index in [0.717, 1.165) is 4.31 Å². The van der Waals surface area contributed by atoms with Gasteiger partial charge in [0, 0.05) is 20.1 Å². The molecule has 0 fully saturated rings. The van der Waals surface area contributed by atoms with Crippen molar-refractivity contribution in [2.24, 2.45) is 5.92 Å². The summed E-state index contributed by atoms with van der Waals surface area (Å²) in [5, 5.41) is 0. The second-order valence-electron chi connectivity index (χ2n) is 3.21. The van der Waals surface area contributed by atoms with Gasteiger partial charge in [-0.05, 0) is 0 Å². The zero-order valence-corrected chi connectivity index (χ0v) is 10.3. The predicted molar refractivity (Wildman–Crippen MR) is 56.4 cm³/mol. The number of esters is 1. The predicted octanol–water partition coefficient (Wildman–Crippen LogP) is -0.418. The fourth-order valence-corrected chi connectivity index (χ4v) is 2.06. The van der Waals surface area contributed by atoms with Crippen molar-refractivity contribution in [3.05, 3.63) is 0 Å². The Labute approximate surface area is 90.8 Å². The Hall–Kier alpha value is -0.660. The van der Waals surface area contributed by atoms with Gasteiger partial charge in [0.15, 0.2) is 0 Å². The molecule has 0 saturated heterocycles. The molecule has 90 valence electrons. The number of hydrogen-bond donors (Lipinski definition) is 1. The number of nitrogens with one attached hydrogen (secondary N) is 1. The van der Waals surface area contributed by atoms with Gasteiger partial charge in [0.1, 0.15) is 0 Å². The molecule has 0 aromatic rings. The fraction of sp³-hybridized carbons (Fsp3) is 0.875. The molecule has 0 aromatic carbocycles. The van der Waals surface area contributed by atoms with Crippen LogP contribution in [0.1, 0.15) is 13.8 Å². The molecule has 0 radical (unpaired) electrons. The number of nitrogens with zero attached hydrogens (tertiary/aromatic N) is 1. The average Bonchev–Trinajstić information content (AvgIpc) is 2.16. The Morgan fingerprint density at radius 1 is 1.53 bits per heavy atom. The van der Waals surface area contributed by atoms with Crippen LogP contribution in [0, 0.1) is 5.92 Å². The Morgan fingerprint density at radius 3 is 2.47 bits per heavy atom. The first-order chi connectivity index (χ1) is 6.85. The monoisotopic (exact) mass is 238 g/mol. The number of ether oxygens (including phenoxy) is 1. The highest BCUT2D eigenvalue weighted by molar-refractivity contribution is 7.87. The van der Waals surface area contributed by atoms with Crippen LogP contribution in [0.4, 0.5) is 0 Å². The fourth-order valence-electron chi connectivity index (χ4n) is 1.05. The third-order valence-corrected chi connectivity index (χ3v) is 3.49. The van der Waals surface area contributed by atoms with E-state index in [1.807, 2.05) is 0 Å². The molecule has 1 atom stereocenters. The molecule has 0 saturated carbocycles. The smallest absolute Gasteiger partial charge is 0.309 e. The van der Waals surface area contributed by atoms with Gasteiger partial charge in [-0.25, -0.2) is 4.72 Å². The molecule has 0 aliphatic heterocycles. The van der Waals surface area contributed by atoms with E-state index < -0.39 is 22.1 Å². The standard InChI is InChI=1S/C8H18N2O4S/c1-5-9-15(12,13)10(3)6-7(2)8(11)14-4/h7,9H,5-6H2,1-4H3. The number of hydrogen-bond acceptors (Lipinski definition) is 4. The SMILES string of the molecule is CCNS(=O)(=O)N(C)CC(C)C(=O)OC. The topological polar surface area (TPSA) is 75.7 Å². The number of carbonyl (C=O) groups excluding carboxylic acids is 1. The molecule has 0 aliphatic carbocycles. The summed E-state index contributed by atoms with van der Waals surface area (Å²) in [5.74, 6) is -0.901. The van der Waals surface area contributed by atoms with E-state index in [-0.39, 0.29) is 6.54 Å².